The summed E-state index contributed by atoms with van der Waals surface area (Å²) in [5.41, 5.74) is 1.89. The van der Waals surface area contributed by atoms with Crippen LogP contribution in [0.4, 0.5) is 4.39 Å². The molecule has 0 aliphatic carbocycles. The lowest BCUT2D eigenvalue weighted by Gasteiger charge is -2.08. The number of ketones is 1. The van der Waals surface area contributed by atoms with Crippen LogP contribution in [0.5, 0.6) is 0 Å². The second kappa shape index (κ2) is 5.26. The van der Waals surface area contributed by atoms with E-state index in [1.165, 1.54) is 12.1 Å². The molecule has 4 heteroatoms. The molecule has 0 aliphatic rings. The zero-order valence-corrected chi connectivity index (χ0v) is 12.0. The van der Waals surface area contributed by atoms with E-state index in [2.05, 4.69) is 4.98 Å². The number of hydrogen-bond acceptors (Lipinski definition) is 2. The minimum absolute atomic E-state index is 0.00940. The number of carbonyl (C=O) groups excluding carboxylic acids is 1. The van der Waals surface area contributed by atoms with Gasteiger partial charge in [-0.05, 0) is 37.3 Å². The summed E-state index contributed by atoms with van der Waals surface area (Å²) < 4.78 is 14.0. The largest absolute Gasteiger partial charge is 0.288 e. The molecule has 21 heavy (non-hydrogen) atoms. The third-order valence-corrected chi connectivity index (χ3v) is 3.50. The number of hydrogen-bond donors (Lipinski definition) is 0. The van der Waals surface area contributed by atoms with E-state index < -0.39 is 5.82 Å². The quantitative estimate of drug-likeness (QED) is 0.649. The Balaban J connectivity index is 2.22. The van der Waals surface area contributed by atoms with Crippen molar-refractivity contribution >= 4 is 28.3 Å². The summed E-state index contributed by atoms with van der Waals surface area (Å²) in [7, 11) is 0. The fraction of sp³-hybridized carbons (Fsp3) is 0.0588. The summed E-state index contributed by atoms with van der Waals surface area (Å²) in [5.74, 6) is -0.989. The monoisotopic (exact) mass is 299 g/mol. The van der Waals surface area contributed by atoms with Crippen LogP contribution in [-0.4, -0.2) is 10.8 Å². The molecule has 0 amide bonds. The fourth-order valence-corrected chi connectivity index (χ4v) is 2.47. The van der Waals surface area contributed by atoms with Crippen molar-refractivity contribution in [1.29, 1.82) is 0 Å². The number of pyridine rings is 1. The standard InChI is InChI=1S/C17H11ClFNO/c1-10-8-14(12-4-2-3-5-16(12)20-10)17(21)13-7-6-11(18)9-15(13)19/h2-9H,1H3. The summed E-state index contributed by atoms with van der Waals surface area (Å²) in [5, 5.41) is 0.974. The minimum Gasteiger partial charge on any atom is -0.288 e. The molecule has 0 radical (unpaired) electrons. The van der Waals surface area contributed by atoms with Gasteiger partial charge in [0.15, 0.2) is 5.78 Å². The van der Waals surface area contributed by atoms with Gasteiger partial charge in [-0.1, -0.05) is 29.8 Å². The Morgan fingerprint density at radius 1 is 1.10 bits per heavy atom. The van der Waals surface area contributed by atoms with E-state index in [1.54, 1.807) is 13.0 Å². The SMILES string of the molecule is Cc1cc(C(=O)c2ccc(Cl)cc2F)c2ccccc2n1. The first kappa shape index (κ1) is 13.7. The number of rotatable bonds is 2. The molecule has 3 aromatic rings. The van der Waals surface area contributed by atoms with Crippen molar-refractivity contribution in [2.24, 2.45) is 0 Å². The molecule has 0 unspecified atom stereocenters. The maximum atomic E-state index is 14.0. The van der Waals surface area contributed by atoms with E-state index >= 15 is 0 Å². The highest BCUT2D eigenvalue weighted by Gasteiger charge is 2.17. The number of carbonyl (C=O) groups is 1. The molecule has 0 saturated carbocycles. The Morgan fingerprint density at radius 2 is 1.86 bits per heavy atom. The number of aromatic nitrogens is 1. The molecular formula is C17H11ClFNO. The summed E-state index contributed by atoms with van der Waals surface area (Å²) in [6.07, 6.45) is 0. The zero-order valence-electron chi connectivity index (χ0n) is 11.2. The smallest absolute Gasteiger partial charge is 0.196 e. The van der Waals surface area contributed by atoms with Gasteiger partial charge in [-0.15, -0.1) is 0 Å². The number of halogens is 2. The first-order chi connectivity index (χ1) is 10.1. The van der Waals surface area contributed by atoms with Gasteiger partial charge >= 0.3 is 0 Å². The molecule has 0 bridgehead atoms. The van der Waals surface area contributed by atoms with Crippen LogP contribution >= 0.6 is 11.6 Å². The Bertz CT molecular complexity index is 861. The third kappa shape index (κ3) is 2.52. The van der Waals surface area contributed by atoms with E-state index in [4.69, 9.17) is 11.6 Å². The van der Waals surface area contributed by atoms with Crippen LogP contribution in [0, 0.1) is 12.7 Å². The van der Waals surface area contributed by atoms with Gasteiger partial charge in [0.25, 0.3) is 0 Å². The molecule has 1 aromatic heterocycles. The van der Waals surface area contributed by atoms with Gasteiger partial charge in [0.05, 0.1) is 11.1 Å². The number of aryl methyl sites for hydroxylation is 1. The predicted molar refractivity (Wildman–Crippen MR) is 81.3 cm³/mol. The average Bonchev–Trinajstić information content (AvgIpc) is 2.45. The number of benzene rings is 2. The topological polar surface area (TPSA) is 30.0 Å². The zero-order chi connectivity index (χ0) is 15.0. The molecule has 0 fully saturated rings. The molecule has 3 rings (SSSR count). The third-order valence-electron chi connectivity index (χ3n) is 3.26. The summed E-state index contributed by atoms with van der Waals surface area (Å²) in [6, 6.07) is 13.1. The van der Waals surface area contributed by atoms with Gasteiger partial charge in [-0.2, -0.15) is 0 Å². The Morgan fingerprint density at radius 3 is 2.62 bits per heavy atom. The van der Waals surface area contributed by atoms with Crippen LogP contribution in [0.2, 0.25) is 5.02 Å². The van der Waals surface area contributed by atoms with Crippen LogP contribution in [0.1, 0.15) is 21.6 Å². The molecule has 0 N–H and O–H groups in total. The van der Waals surface area contributed by atoms with Crippen molar-refractivity contribution in [3.05, 3.63) is 76.2 Å². The van der Waals surface area contributed by atoms with E-state index in [0.717, 1.165) is 11.6 Å². The molecular weight excluding hydrogens is 289 g/mol. The number of para-hydroxylation sites is 1. The Kier molecular flexibility index (Phi) is 3.43. The molecule has 2 aromatic carbocycles. The highest BCUT2D eigenvalue weighted by atomic mass is 35.5. The van der Waals surface area contributed by atoms with Crippen LogP contribution in [0.15, 0.2) is 48.5 Å². The van der Waals surface area contributed by atoms with Gasteiger partial charge in [0.1, 0.15) is 5.82 Å². The molecule has 1 heterocycles. The summed E-state index contributed by atoms with van der Waals surface area (Å²) in [4.78, 5) is 17.0. The van der Waals surface area contributed by atoms with Crippen LogP contribution in [-0.2, 0) is 0 Å². The van der Waals surface area contributed by atoms with Crippen molar-refractivity contribution in [1.82, 2.24) is 4.98 Å². The first-order valence-electron chi connectivity index (χ1n) is 6.42. The Labute approximate surface area is 126 Å². The number of fused-ring (bicyclic) bond motifs is 1. The lowest BCUT2D eigenvalue weighted by molar-refractivity contribution is 0.103. The molecule has 0 aliphatic heterocycles. The van der Waals surface area contributed by atoms with E-state index in [-0.39, 0.29) is 16.4 Å². The Hall–Kier alpha value is -2.26. The van der Waals surface area contributed by atoms with Crippen LogP contribution in [0.25, 0.3) is 10.9 Å². The molecule has 104 valence electrons. The van der Waals surface area contributed by atoms with Crippen LogP contribution in [0.3, 0.4) is 0 Å². The van der Waals surface area contributed by atoms with E-state index in [0.29, 0.717) is 16.6 Å². The maximum Gasteiger partial charge on any atom is 0.196 e. The van der Waals surface area contributed by atoms with Crippen molar-refractivity contribution in [3.8, 4) is 0 Å². The first-order valence-corrected chi connectivity index (χ1v) is 6.80. The van der Waals surface area contributed by atoms with Gasteiger partial charge in [0, 0.05) is 21.7 Å². The van der Waals surface area contributed by atoms with Crippen molar-refractivity contribution in [2.75, 3.05) is 0 Å². The van der Waals surface area contributed by atoms with Gasteiger partial charge < -0.3 is 0 Å². The van der Waals surface area contributed by atoms with E-state index in [1.807, 2.05) is 24.3 Å². The lowest BCUT2D eigenvalue weighted by Crippen LogP contribution is -2.06. The molecule has 0 saturated heterocycles. The number of nitrogens with zero attached hydrogens (tertiary/aromatic N) is 1. The van der Waals surface area contributed by atoms with Crippen molar-refractivity contribution < 1.29 is 9.18 Å². The molecule has 0 spiro atoms. The van der Waals surface area contributed by atoms with Crippen molar-refractivity contribution in [2.45, 2.75) is 6.92 Å². The molecule has 0 atom stereocenters. The van der Waals surface area contributed by atoms with Gasteiger partial charge in [-0.3, -0.25) is 9.78 Å². The summed E-state index contributed by atoms with van der Waals surface area (Å²) >= 11 is 5.73. The highest BCUT2D eigenvalue weighted by Crippen LogP contribution is 2.23. The van der Waals surface area contributed by atoms with Crippen molar-refractivity contribution in [3.63, 3.8) is 0 Å². The minimum atomic E-state index is -0.619. The second-order valence-corrected chi connectivity index (χ2v) is 5.22. The normalized spacial score (nSPS) is 10.8. The fourth-order valence-electron chi connectivity index (χ4n) is 2.31. The predicted octanol–water partition coefficient (Wildman–Crippen LogP) is 4.57. The lowest BCUT2D eigenvalue weighted by atomic mass is 9.98. The second-order valence-electron chi connectivity index (χ2n) is 4.78. The molecule has 2 nitrogen and oxygen atoms in total. The van der Waals surface area contributed by atoms with Gasteiger partial charge in [0.2, 0.25) is 0 Å². The van der Waals surface area contributed by atoms with E-state index in [9.17, 15) is 9.18 Å². The van der Waals surface area contributed by atoms with Crippen LogP contribution < -0.4 is 0 Å². The van der Waals surface area contributed by atoms with Gasteiger partial charge in [-0.25, -0.2) is 4.39 Å². The average molecular weight is 300 g/mol. The summed E-state index contributed by atoms with van der Waals surface area (Å²) in [6.45, 7) is 1.81. The maximum absolute atomic E-state index is 14.0. The highest BCUT2D eigenvalue weighted by molar-refractivity contribution is 6.30.